The Labute approximate surface area is 384 Å². The van der Waals surface area contributed by atoms with Crippen molar-refractivity contribution in [3.8, 4) is 67.1 Å². The summed E-state index contributed by atoms with van der Waals surface area (Å²) in [6.07, 6.45) is 0. The Morgan fingerprint density at radius 2 is 0.727 bits per heavy atom. The van der Waals surface area contributed by atoms with Gasteiger partial charge in [-0.25, -0.2) is 0 Å². The monoisotopic (exact) mass is 843 g/mol. The highest BCUT2D eigenvalue weighted by molar-refractivity contribution is 5.97. The van der Waals surface area contributed by atoms with E-state index in [9.17, 15) is 0 Å². The molecule has 0 saturated heterocycles. The summed E-state index contributed by atoms with van der Waals surface area (Å²) in [5, 5.41) is 0.910. The number of rotatable bonds is 7. The Balaban J connectivity index is 1.09. The van der Waals surface area contributed by atoms with Crippen LogP contribution >= 0.6 is 0 Å². The van der Waals surface area contributed by atoms with E-state index in [1.807, 2.05) is 0 Å². The molecule has 0 amide bonds. The van der Waals surface area contributed by atoms with Crippen LogP contribution in [0.2, 0.25) is 0 Å². The average molecular weight is 844 g/mol. The molecular formula is C63H41NO2. The zero-order chi connectivity index (χ0) is 43.6. The second-order valence-corrected chi connectivity index (χ2v) is 17.2. The fourth-order valence-corrected chi connectivity index (χ4v) is 10.5. The Morgan fingerprint density at radius 1 is 0.318 bits per heavy atom. The van der Waals surface area contributed by atoms with E-state index in [4.69, 9.17) is 9.15 Å². The molecule has 0 bridgehead atoms. The molecule has 66 heavy (non-hydrogen) atoms. The standard InChI is InChI=1S/C63H41NO2/c1-5-19-42(20-6-1)46-35-47(43-21-7-2-8-22-43)38-51(37-46)64(52-39-48(44-23-9-3-10-24-44)36-49(40-52)45-25-11-4-12-26-45)50-33-34-59-55(41-50)61-62(66-59)63(58-31-17-18-32-60(58)65-61)56-29-15-13-27-53(56)54-28-14-16-30-57(54)63/h1-41H. The van der Waals surface area contributed by atoms with Gasteiger partial charge < -0.3 is 14.1 Å². The van der Waals surface area contributed by atoms with Gasteiger partial charge in [-0.2, -0.15) is 0 Å². The summed E-state index contributed by atoms with van der Waals surface area (Å²) in [5.41, 5.74) is 18.1. The third-order valence-electron chi connectivity index (χ3n) is 13.5. The van der Waals surface area contributed by atoms with E-state index < -0.39 is 5.41 Å². The van der Waals surface area contributed by atoms with Crippen LogP contribution in [0, 0.1) is 0 Å². The number of para-hydroxylation sites is 1. The molecule has 2 heterocycles. The van der Waals surface area contributed by atoms with Gasteiger partial charge in [0.1, 0.15) is 16.7 Å². The minimum Gasteiger partial charge on any atom is -0.455 e. The molecule has 310 valence electrons. The lowest BCUT2D eigenvalue weighted by molar-refractivity contribution is 0.389. The number of benzene rings is 10. The van der Waals surface area contributed by atoms with Crippen LogP contribution in [0.3, 0.4) is 0 Å². The van der Waals surface area contributed by atoms with Gasteiger partial charge in [0.25, 0.3) is 0 Å². The Morgan fingerprint density at radius 3 is 1.20 bits per heavy atom. The molecule has 0 atom stereocenters. The van der Waals surface area contributed by atoms with Crippen molar-refractivity contribution in [3.63, 3.8) is 0 Å². The molecule has 11 aromatic rings. The molecule has 1 spiro atoms. The lowest BCUT2D eigenvalue weighted by Gasteiger charge is -2.36. The molecule has 3 nitrogen and oxygen atoms in total. The van der Waals surface area contributed by atoms with E-state index in [0.29, 0.717) is 0 Å². The van der Waals surface area contributed by atoms with Crippen LogP contribution in [0.1, 0.15) is 22.5 Å². The van der Waals surface area contributed by atoms with Gasteiger partial charge in [0.05, 0.1) is 5.39 Å². The van der Waals surface area contributed by atoms with Crippen molar-refractivity contribution in [2.24, 2.45) is 0 Å². The number of hydrogen-bond acceptors (Lipinski definition) is 3. The van der Waals surface area contributed by atoms with Gasteiger partial charge in [-0.05, 0) is 127 Å². The van der Waals surface area contributed by atoms with Crippen LogP contribution in [0.4, 0.5) is 17.1 Å². The van der Waals surface area contributed by atoms with Crippen LogP contribution in [-0.4, -0.2) is 0 Å². The molecule has 1 aliphatic heterocycles. The first-order valence-corrected chi connectivity index (χ1v) is 22.6. The topological polar surface area (TPSA) is 25.6 Å². The van der Waals surface area contributed by atoms with Gasteiger partial charge in [-0.3, -0.25) is 0 Å². The molecule has 3 heteroatoms. The number of nitrogens with zero attached hydrogens (tertiary/aromatic N) is 1. The maximum atomic E-state index is 7.21. The molecule has 0 unspecified atom stereocenters. The predicted molar refractivity (Wildman–Crippen MR) is 270 cm³/mol. The summed E-state index contributed by atoms with van der Waals surface area (Å²) in [4.78, 5) is 2.41. The van der Waals surface area contributed by atoms with Crippen LogP contribution in [0.5, 0.6) is 11.5 Å². The minimum atomic E-state index is -0.709. The van der Waals surface area contributed by atoms with E-state index >= 15 is 0 Å². The Hall–Kier alpha value is -8.66. The first kappa shape index (κ1) is 37.9. The normalized spacial score (nSPS) is 12.8. The number of hydrogen-bond donors (Lipinski definition) is 0. The van der Waals surface area contributed by atoms with Crippen LogP contribution in [-0.2, 0) is 5.41 Å². The van der Waals surface area contributed by atoms with Crippen molar-refractivity contribution in [1.29, 1.82) is 0 Å². The van der Waals surface area contributed by atoms with Gasteiger partial charge in [-0.1, -0.05) is 188 Å². The molecule has 0 radical (unpaired) electrons. The first-order valence-electron chi connectivity index (χ1n) is 22.6. The van der Waals surface area contributed by atoms with Crippen molar-refractivity contribution in [1.82, 2.24) is 0 Å². The lowest BCUT2D eigenvalue weighted by Crippen LogP contribution is -2.31. The molecule has 1 aliphatic carbocycles. The summed E-state index contributed by atoms with van der Waals surface area (Å²) in [5.74, 6) is 2.36. The number of ether oxygens (including phenoxy) is 1. The highest BCUT2D eigenvalue weighted by Crippen LogP contribution is 2.64. The first-order chi connectivity index (χ1) is 32.7. The molecule has 1 aromatic heterocycles. The van der Waals surface area contributed by atoms with Gasteiger partial charge in [-0.15, -0.1) is 0 Å². The highest BCUT2D eigenvalue weighted by atomic mass is 16.5. The number of furan rings is 1. The van der Waals surface area contributed by atoms with Gasteiger partial charge >= 0.3 is 0 Å². The second kappa shape index (κ2) is 15.3. The Kier molecular flexibility index (Phi) is 8.75. The third kappa shape index (κ3) is 5.98. The second-order valence-electron chi connectivity index (χ2n) is 17.2. The molecular weight excluding hydrogens is 803 g/mol. The maximum Gasteiger partial charge on any atom is 0.178 e. The summed E-state index contributed by atoms with van der Waals surface area (Å²) in [6, 6.07) is 89.2. The third-order valence-corrected chi connectivity index (χ3v) is 13.5. The zero-order valence-electron chi connectivity index (χ0n) is 35.9. The van der Waals surface area contributed by atoms with Gasteiger partial charge in [0.2, 0.25) is 0 Å². The zero-order valence-corrected chi connectivity index (χ0v) is 35.9. The SMILES string of the molecule is c1ccc(-c2cc(-c3ccccc3)cc(N(c3cc(-c4ccccc4)cc(-c4ccccc4)c3)c3ccc4oc5c(c4c3)Oc3ccccc3C53c4ccccc4-c4ccccc43)c2)cc1. The van der Waals surface area contributed by atoms with E-state index in [1.54, 1.807) is 0 Å². The van der Waals surface area contributed by atoms with Crippen molar-refractivity contribution >= 4 is 28.0 Å². The molecule has 0 N–H and O–H groups in total. The van der Waals surface area contributed by atoms with Crippen molar-refractivity contribution in [2.75, 3.05) is 4.90 Å². The van der Waals surface area contributed by atoms with Gasteiger partial charge in [0, 0.05) is 22.6 Å². The molecule has 13 rings (SSSR count). The number of anilines is 3. The van der Waals surface area contributed by atoms with E-state index in [1.165, 1.54) is 22.3 Å². The van der Waals surface area contributed by atoms with E-state index in [2.05, 4.69) is 254 Å². The predicted octanol–water partition coefficient (Wildman–Crippen LogP) is 17.0. The quantitative estimate of drug-likeness (QED) is 0.160. The summed E-state index contributed by atoms with van der Waals surface area (Å²) in [7, 11) is 0. The highest BCUT2D eigenvalue weighted by Gasteiger charge is 2.54. The molecule has 0 fully saturated rings. The summed E-state index contributed by atoms with van der Waals surface area (Å²) in [6.45, 7) is 0. The summed E-state index contributed by atoms with van der Waals surface area (Å²) < 4.78 is 14.3. The maximum absolute atomic E-state index is 7.21. The lowest BCUT2D eigenvalue weighted by atomic mass is 9.69. The average Bonchev–Trinajstić information content (AvgIpc) is 3.91. The number of fused-ring (bicyclic) bond motifs is 11. The van der Waals surface area contributed by atoms with Gasteiger partial charge in [0.15, 0.2) is 11.5 Å². The van der Waals surface area contributed by atoms with Crippen molar-refractivity contribution in [2.45, 2.75) is 5.41 Å². The fraction of sp³-hybridized carbons (Fsp3) is 0.0159. The van der Waals surface area contributed by atoms with Crippen LogP contribution < -0.4 is 9.64 Å². The summed E-state index contributed by atoms with van der Waals surface area (Å²) >= 11 is 0. The minimum absolute atomic E-state index is 0.709. The fourth-order valence-electron chi connectivity index (χ4n) is 10.5. The van der Waals surface area contributed by atoms with E-state index in [0.717, 1.165) is 95.4 Å². The molecule has 10 aromatic carbocycles. The van der Waals surface area contributed by atoms with E-state index in [-0.39, 0.29) is 0 Å². The molecule has 2 aliphatic rings. The largest absolute Gasteiger partial charge is 0.455 e. The van der Waals surface area contributed by atoms with Crippen LogP contribution in [0.15, 0.2) is 253 Å². The Bertz CT molecular complexity index is 3330. The van der Waals surface area contributed by atoms with Crippen LogP contribution in [0.25, 0.3) is 66.6 Å². The van der Waals surface area contributed by atoms with Crippen molar-refractivity contribution < 1.29 is 9.15 Å². The molecule has 0 saturated carbocycles. The van der Waals surface area contributed by atoms with Crippen molar-refractivity contribution in [3.05, 3.63) is 271 Å². The smallest absolute Gasteiger partial charge is 0.178 e.